The first-order chi connectivity index (χ1) is 37.1. The quantitative estimate of drug-likeness (QED) is 0.102. The number of ether oxygens (including phenoxy) is 6. The molecule has 1 aromatic heterocycles. The van der Waals surface area contributed by atoms with Crippen LogP contribution >= 0.6 is 0 Å². The summed E-state index contributed by atoms with van der Waals surface area (Å²) in [5.74, 6) is -8.42. The zero-order valence-corrected chi connectivity index (χ0v) is 47.7. The second-order valence-corrected chi connectivity index (χ2v) is 22.7. The number of ketones is 3. The van der Waals surface area contributed by atoms with E-state index in [2.05, 4.69) is 10.3 Å². The Labute approximate surface area is 460 Å². The van der Waals surface area contributed by atoms with Crippen LogP contribution < -0.4 is 0 Å². The van der Waals surface area contributed by atoms with Crippen LogP contribution in [-0.2, 0) is 64.5 Å². The van der Waals surface area contributed by atoms with Crippen molar-refractivity contribution in [3.8, 4) is 0 Å². The second kappa shape index (κ2) is 29.9. The standard InChI is InChI=1S/C58H90N4O16/c1-35-16-12-11-13-17-36(2)48(73-8)28-44-21-19-41(7)58(72,78-44)54(69)55(70)61-23-15-14-18-45(61)56(71)77-49(29-46(66)37(3)25-40(6)52(68)53(75-10)51(67)39(5)24-35)38(4)26-42-20-22-47(50(27-42)74-9)76-31-43-30-62(60-59-43)57(32-63,33-64)34-65/h11-13,16-17,25,30,35,37-39,41-42,44-45,47-50,52-53,63-65,68,72H,14-15,18-24,26-29,31-34H2,1-10H3/b13-11+,16-12+,36-17+,40-25+/t35-,37-,38-,39-,41-,42+,44+,45+,47-,48+,49+,50-,52-,53+,58-/m1/s1. The molecular weight excluding hydrogens is 1010 g/mol. The molecule has 5 N–H and O–H groups in total. The van der Waals surface area contributed by atoms with Crippen LogP contribution in [0.5, 0.6) is 0 Å². The molecule has 0 radical (unpaired) electrons. The number of nitrogens with zero attached hydrogens (tertiary/aromatic N) is 4. The van der Waals surface area contributed by atoms with E-state index in [0.29, 0.717) is 75.5 Å². The lowest BCUT2D eigenvalue weighted by molar-refractivity contribution is -0.265. The van der Waals surface area contributed by atoms with Crippen molar-refractivity contribution in [2.75, 3.05) is 47.7 Å². The normalized spacial score (nSPS) is 35.9. The smallest absolute Gasteiger partial charge is 0.329 e. The van der Waals surface area contributed by atoms with Gasteiger partial charge in [0.05, 0.1) is 57.0 Å². The first kappa shape index (κ1) is 64.5. The molecule has 20 heteroatoms. The molecule has 0 spiro atoms. The average molecular weight is 1100 g/mol. The summed E-state index contributed by atoms with van der Waals surface area (Å²) in [4.78, 5) is 72.8. The number of methoxy groups -OCH3 is 3. The second-order valence-electron chi connectivity index (χ2n) is 22.7. The molecule has 1 aromatic rings. The Morgan fingerprint density at radius 1 is 0.846 bits per heavy atom. The number of amides is 1. The fraction of sp³-hybridized carbons (Fsp3) is 0.741. The number of aliphatic hydroxyl groups is 5. The third-order valence-electron chi connectivity index (χ3n) is 16.8. The number of esters is 1. The van der Waals surface area contributed by atoms with Crippen molar-refractivity contribution < 1.29 is 77.9 Å². The number of cyclic esters (lactones) is 1. The van der Waals surface area contributed by atoms with E-state index >= 15 is 0 Å². The van der Waals surface area contributed by atoms with Crippen molar-refractivity contribution >= 4 is 29.2 Å². The van der Waals surface area contributed by atoms with E-state index in [1.165, 1.54) is 22.9 Å². The molecule has 20 nitrogen and oxygen atoms in total. The zero-order valence-electron chi connectivity index (χ0n) is 47.7. The van der Waals surface area contributed by atoms with Gasteiger partial charge in [-0.1, -0.05) is 76.3 Å². The number of Topliss-reactive ketones (excluding diaryl/α,β-unsaturated/α-hetero) is 3. The Bertz CT molecular complexity index is 2270. The van der Waals surface area contributed by atoms with Gasteiger partial charge >= 0.3 is 5.97 Å². The van der Waals surface area contributed by atoms with Gasteiger partial charge in [0, 0.05) is 58.5 Å². The summed E-state index contributed by atoms with van der Waals surface area (Å²) in [6.45, 7) is 11.0. The van der Waals surface area contributed by atoms with Crippen LogP contribution in [0.3, 0.4) is 0 Å². The number of aromatic nitrogens is 3. The van der Waals surface area contributed by atoms with Crippen LogP contribution in [0.15, 0.2) is 53.8 Å². The molecule has 0 unspecified atom stereocenters. The maximum absolute atomic E-state index is 14.6. The van der Waals surface area contributed by atoms with Gasteiger partial charge in [0.1, 0.15) is 41.4 Å². The van der Waals surface area contributed by atoms with Gasteiger partial charge in [0.15, 0.2) is 5.78 Å². The highest BCUT2D eigenvalue weighted by Gasteiger charge is 2.53. The van der Waals surface area contributed by atoms with Crippen molar-refractivity contribution in [3.05, 3.63) is 59.5 Å². The predicted molar refractivity (Wildman–Crippen MR) is 287 cm³/mol. The van der Waals surface area contributed by atoms with E-state index in [4.69, 9.17) is 28.4 Å². The monoisotopic (exact) mass is 1100 g/mol. The molecular formula is C58H90N4O16. The third kappa shape index (κ3) is 16.2. The summed E-state index contributed by atoms with van der Waals surface area (Å²) < 4.78 is 37.4. The highest BCUT2D eigenvalue weighted by molar-refractivity contribution is 6.39. The Hall–Kier alpha value is -4.35. The van der Waals surface area contributed by atoms with Gasteiger partial charge in [0.25, 0.3) is 11.7 Å². The molecule has 3 fully saturated rings. The van der Waals surface area contributed by atoms with Crippen LogP contribution in [-0.4, -0.2) is 177 Å². The Kier molecular flexibility index (Phi) is 24.7. The van der Waals surface area contributed by atoms with Gasteiger partial charge in [-0.25, -0.2) is 9.48 Å². The summed E-state index contributed by atoms with van der Waals surface area (Å²) in [6, 6.07) is -1.19. The van der Waals surface area contributed by atoms with Gasteiger partial charge in [-0.15, -0.1) is 5.10 Å². The van der Waals surface area contributed by atoms with Gasteiger partial charge < -0.3 is 58.9 Å². The molecule has 2 saturated heterocycles. The molecule has 3 aliphatic heterocycles. The maximum atomic E-state index is 14.6. The number of piperidine rings is 1. The van der Waals surface area contributed by atoms with Crippen molar-refractivity contribution in [2.24, 2.45) is 35.5 Å². The number of rotatable bonds is 13. The van der Waals surface area contributed by atoms with Crippen LogP contribution in [0.25, 0.3) is 0 Å². The lowest BCUT2D eigenvalue weighted by Gasteiger charge is -2.42. The Morgan fingerprint density at radius 2 is 1.56 bits per heavy atom. The van der Waals surface area contributed by atoms with Crippen molar-refractivity contribution in [3.63, 3.8) is 0 Å². The molecule has 1 saturated carbocycles. The molecule has 438 valence electrons. The van der Waals surface area contributed by atoms with E-state index in [9.17, 15) is 49.5 Å². The number of hydrogen-bond donors (Lipinski definition) is 5. The lowest BCUT2D eigenvalue weighted by atomic mass is 9.78. The average Bonchev–Trinajstić information content (AvgIpc) is 3.95. The summed E-state index contributed by atoms with van der Waals surface area (Å²) in [6.07, 6.45) is 12.4. The fourth-order valence-corrected chi connectivity index (χ4v) is 11.4. The Morgan fingerprint density at radius 3 is 2.23 bits per heavy atom. The first-order valence-electron chi connectivity index (χ1n) is 27.9. The predicted octanol–water partition coefficient (Wildman–Crippen LogP) is 4.67. The summed E-state index contributed by atoms with van der Waals surface area (Å²) in [7, 11) is 4.53. The molecule has 4 aliphatic rings. The summed E-state index contributed by atoms with van der Waals surface area (Å²) >= 11 is 0. The topological polar surface area (TPSA) is 276 Å². The maximum Gasteiger partial charge on any atom is 0.329 e. The molecule has 1 aliphatic carbocycles. The minimum atomic E-state index is -2.47. The molecule has 15 atom stereocenters. The van der Waals surface area contributed by atoms with Crippen molar-refractivity contribution in [2.45, 2.75) is 192 Å². The highest BCUT2D eigenvalue weighted by atomic mass is 16.6. The van der Waals surface area contributed by atoms with E-state index in [1.807, 2.05) is 51.2 Å². The van der Waals surface area contributed by atoms with Gasteiger partial charge in [0.2, 0.25) is 5.79 Å². The summed E-state index contributed by atoms with van der Waals surface area (Å²) in [5.41, 5.74) is 0.220. The number of carbonyl (C=O) groups is 5. The van der Waals surface area contributed by atoms with Crippen molar-refractivity contribution in [1.29, 1.82) is 0 Å². The van der Waals surface area contributed by atoms with Gasteiger partial charge in [-0.05, 0) is 107 Å². The lowest BCUT2D eigenvalue weighted by Crippen LogP contribution is -2.61. The molecule has 5 rings (SSSR count). The van der Waals surface area contributed by atoms with E-state index < -0.39 is 109 Å². The van der Waals surface area contributed by atoms with Gasteiger partial charge in [-0.2, -0.15) is 0 Å². The number of hydrogen-bond acceptors (Lipinski definition) is 18. The summed E-state index contributed by atoms with van der Waals surface area (Å²) in [5, 5.41) is 61.3. The Balaban J connectivity index is 1.42. The number of allylic oxidation sites excluding steroid dienone is 6. The largest absolute Gasteiger partial charge is 0.460 e. The third-order valence-corrected chi connectivity index (χ3v) is 16.8. The van der Waals surface area contributed by atoms with Crippen molar-refractivity contribution in [1.82, 2.24) is 19.9 Å². The SMILES string of the molecule is CO[C@H]1C[C@@H]2CC[C@@H](C)[C@@](O)(O2)C(=O)C(=O)N2CCCC[C@H]2C(=O)O[C@H]([C@H](C)C[C@@H]2CC[C@@H](OCc3cn(C(CO)(CO)CO)nn3)[C@H](OC)C2)CC(=O)[C@H](C)/C=C(\C)[C@@H](O)[C@@H](OC)C(=O)[C@H](C)C[C@H](C)/C=C/C=C/C=C/1C. The highest BCUT2D eigenvalue weighted by Crippen LogP contribution is 2.38. The van der Waals surface area contributed by atoms with Gasteiger partial charge in [-0.3, -0.25) is 19.2 Å². The van der Waals surface area contributed by atoms with Crippen LogP contribution in [0.4, 0.5) is 0 Å². The molecule has 2 bridgehead atoms. The van der Waals surface area contributed by atoms with E-state index in [0.717, 1.165) is 5.57 Å². The molecule has 0 aromatic carbocycles. The zero-order chi connectivity index (χ0) is 57.5. The van der Waals surface area contributed by atoms with Crippen LogP contribution in [0, 0.1) is 35.5 Å². The van der Waals surface area contributed by atoms with E-state index in [1.54, 1.807) is 48.0 Å². The fourth-order valence-electron chi connectivity index (χ4n) is 11.4. The molecule has 4 heterocycles. The minimum absolute atomic E-state index is 0.00553. The molecule has 78 heavy (non-hydrogen) atoms. The number of aliphatic hydroxyl groups excluding tert-OH is 4. The number of carbonyl (C=O) groups excluding carboxylic acids is 5. The van der Waals surface area contributed by atoms with Crippen LogP contribution in [0.2, 0.25) is 0 Å². The first-order valence-corrected chi connectivity index (χ1v) is 27.9. The molecule has 1 amide bonds. The van der Waals surface area contributed by atoms with E-state index in [-0.39, 0.29) is 61.6 Å². The minimum Gasteiger partial charge on any atom is -0.460 e. The number of fused-ring (bicyclic) bond motifs is 3. The van der Waals surface area contributed by atoms with Crippen LogP contribution in [0.1, 0.15) is 131 Å².